The van der Waals surface area contributed by atoms with E-state index in [-0.39, 0.29) is 6.29 Å². The maximum absolute atomic E-state index is 11.0. The predicted octanol–water partition coefficient (Wildman–Crippen LogP) is 0.0703. The Hall–Kier alpha value is -2.52. The van der Waals surface area contributed by atoms with Crippen LogP contribution >= 0.6 is 0 Å². The third kappa shape index (κ3) is 3.74. The highest BCUT2D eigenvalue weighted by Gasteiger charge is 2.27. The molecule has 0 radical (unpaired) electrons. The first kappa shape index (κ1) is 16.5. The number of carbonyl (C=O) groups is 2. The van der Waals surface area contributed by atoms with Crippen molar-refractivity contribution in [2.45, 2.75) is 18.6 Å². The summed E-state index contributed by atoms with van der Waals surface area (Å²) < 4.78 is 4.31. The molecule has 9 heteroatoms. The first-order valence-electron chi connectivity index (χ1n) is 5.71. The van der Waals surface area contributed by atoms with Crippen LogP contribution < -0.4 is 0 Å². The van der Waals surface area contributed by atoms with Crippen LogP contribution in [0.3, 0.4) is 0 Å². The Morgan fingerprint density at radius 2 is 2.10 bits per heavy atom. The molecular weight excluding hydrogens is 286 g/mol. The van der Waals surface area contributed by atoms with Crippen molar-refractivity contribution in [1.29, 1.82) is 0 Å². The normalized spacial score (nSPS) is 13.3. The molecule has 2 unspecified atom stereocenters. The lowest BCUT2D eigenvalue weighted by molar-refractivity contribution is -0.385. The molecule has 0 amide bonds. The van der Waals surface area contributed by atoms with Crippen LogP contribution in [-0.4, -0.2) is 45.7 Å². The highest BCUT2D eigenvalue weighted by molar-refractivity contribution is 5.81. The summed E-state index contributed by atoms with van der Waals surface area (Å²) in [5.41, 5.74) is -1.39. The molecule has 21 heavy (non-hydrogen) atoms. The maximum atomic E-state index is 11.0. The number of rotatable bonds is 6. The third-order valence-corrected chi connectivity index (χ3v) is 2.78. The number of aromatic hydroxyl groups is 1. The van der Waals surface area contributed by atoms with Crippen molar-refractivity contribution < 1.29 is 34.6 Å². The number of phenols is 1. The molecule has 1 aromatic rings. The molecule has 0 fully saturated rings. The molecule has 114 valence electrons. The molecule has 2 atom stereocenters. The quantitative estimate of drug-likeness (QED) is 0.289. The van der Waals surface area contributed by atoms with Crippen molar-refractivity contribution in [3.63, 3.8) is 0 Å². The minimum Gasteiger partial charge on any atom is -0.507 e. The summed E-state index contributed by atoms with van der Waals surface area (Å²) in [5.74, 6) is -1.52. The standard InChI is InChI=1S/C12H13NO8/c1-21-10(16)4-9(15)12(18)8-3-7(13(19)20)2-6(5-14)11(8)17/h2-3,5,9,12,15,17-18H,4H2,1H3. The van der Waals surface area contributed by atoms with Crippen LogP contribution in [0, 0.1) is 10.1 Å². The summed E-state index contributed by atoms with van der Waals surface area (Å²) in [6, 6.07) is 1.64. The van der Waals surface area contributed by atoms with Crippen molar-refractivity contribution in [3.8, 4) is 5.75 Å². The Kier molecular flexibility index (Phi) is 5.33. The van der Waals surface area contributed by atoms with Gasteiger partial charge in [0.25, 0.3) is 5.69 Å². The number of aliphatic hydroxyl groups excluding tert-OH is 2. The number of non-ortho nitro benzene ring substituents is 1. The zero-order chi connectivity index (χ0) is 16.2. The molecule has 0 saturated carbocycles. The number of aliphatic hydroxyl groups is 2. The van der Waals surface area contributed by atoms with E-state index in [2.05, 4.69) is 4.74 Å². The van der Waals surface area contributed by atoms with Crippen LogP contribution in [0.2, 0.25) is 0 Å². The summed E-state index contributed by atoms with van der Waals surface area (Å²) in [6.07, 6.45) is -3.88. The molecule has 1 rings (SSSR count). The smallest absolute Gasteiger partial charge is 0.308 e. The van der Waals surface area contributed by atoms with Crippen molar-refractivity contribution in [3.05, 3.63) is 33.4 Å². The van der Waals surface area contributed by atoms with Gasteiger partial charge in [0.15, 0.2) is 6.29 Å². The number of esters is 1. The Labute approximate surface area is 118 Å². The van der Waals surface area contributed by atoms with Gasteiger partial charge in [0, 0.05) is 17.7 Å². The fourth-order valence-electron chi connectivity index (χ4n) is 1.66. The number of methoxy groups -OCH3 is 1. The highest BCUT2D eigenvalue weighted by Crippen LogP contribution is 2.33. The van der Waals surface area contributed by atoms with E-state index in [0.29, 0.717) is 0 Å². The summed E-state index contributed by atoms with van der Waals surface area (Å²) in [7, 11) is 1.08. The van der Waals surface area contributed by atoms with Gasteiger partial charge >= 0.3 is 5.97 Å². The van der Waals surface area contributed by atoms with E-state index in [1.165, 1.54) is 0 Å². The second kappa shape index (κ2) is 6.77. The number of ether oxygens (including phenoxy) is 1. The minimum atomic E-state index is -1.80. The fraction of sp³-hybridized carbons (Fsp3) is 0.333. The van der Waals surface area contributed by atoms with Crippen LogP contribution in [0.4, 0.5) is 5.69 Å². The van der Waals surface area contributed by atoms with Gasteiger partial charge in [-0.2, -0.15) is 0 Å². The minimum absolute atomic E-state index is 0.172. The molecule has 0 aliphatic rings. The lowest BCUT2D eigenvalue weighted by Gasteiger charge is -2.18. The molecule has 0 aromatic heterocycles. The summed E-state index contributed by atoms with van der Waals surface area (Å²) >= 11 is 0. The number of aldehydes is 1. The SMILES string of the molecule is COC(=O)CC(O)C(O)c1cc([N+](=O)[O-])cc(C=O)c1O. The number of nitro groups is 1. The lowest BCUT2D eigenvalue weighted by Crippen LogP contribution is -2.23. The van der Waals surface area contributed by atoms with Gasteiger partial charge in [-0.3, -0.25) is 19.7 Å². The number of hydrogen-bond acceptors (Lipinski definition) is 8. The second-order valence-corrected chi connectivity index (χ2v) is 4.14. The fourth-order valence-corrected chi connectivity index (χ4v) is 1.66. The molecular formula is C12H13NO8. The van der Waals surface area contributed by atoms with Crippen molar-refractivity contribution in [2.75, 3.05) is 7.11 Å². The van der Waals surface area contributed by atoms with Crippen LogP contribution in [0.15, 0.2) is 12.1 Å². The van der Waals surface area contributed by atoms with Crippen molar-refractivity contribution in [1.82, 2.24) is 0 Å². The van der Waals surface area contributed by atoms with E-state index >= 15 is 0 Å². The summed E-state index contributed by atoms with van der Waals surface area (Å²) in [4.78, 5) is 31.7. The lowest BCUT2D eigenvalue weighted by atomic mass is 9.98. The van der Waals surface area contributed by atoms with Crippen LogP contribution in [0.5, 0.6) is 5.75 Å². The van der Waals surface area contributed by atoms with Crippen LogP contribution in [0.1, 0.15) is 28.4 Å². The number of nitrogens with zero attached hydrogens (tertiary/aromatic N) is 1. The van der Waals surface area contributed by atoms with E-state index in [4.69, 9.17) is 0 Å². The third-order valence-electron chi connectivity index (χ3n) is 2.78. The monoisotopic (exact) mass is 299 g/mol. The van der Waals surface area contributed by atoms with Crippen LogP contribution in [-0.2, 0) is 9.53 Å². The van der Waals surface area contributed by atoms with Gasteiger partial charge < -0.3 is 20.1 Å². The Morgan fingerprint density at radius 3 is 2.57 bits per heavy atom. The average Bonchev–Trinajstić information content (AvgIpc) is 2.46. The molecule has 0 bridgehead atoms. The molecule has 0 heterocycles. The molecule has 9 nitrogen and oxygen atoms in total. The van der Waals surface area contributed by atoms with Gasteiger partial charge in [-0.25, -0.2) is 0 Å². The van der Waals surface area contributed by atoms with Gasteiger partial charge in [-0.1, -0.05) is 0 Å². The number of nitro benzene ring substituents is 1. The van der Waals surface area contributed by atoms with Gasteiger partial charge in [0.05, 0.1) is 30.1 Å². The van der Waals surface area contributed by atoms with Crippen molar-refractivity contribution >= 4 is 17.9 Å². The Bertz CT molecular complexity index is 571. The second-order valence-electron chi connectivity index (χ2n) is 4.14. The first-order valence-corrected chi connectivity index (χ1v) is 5.71. The van der Waals surface area contributed by atoms with E-state index < -0.39 is 52.1 Å². The topological polar surface area (TPSA) is 147 Å². The zero-order valence-corrected chi connectivity index (χ0v) is 10.9. The zero-order valence-electron chi connectivity index (χ0n) is 10.9. The number of carbonyl (C=O) groups excluding carboxylic acids is 2. The molecule has 0 aliphatic carbocycles. The van der Waals surface area contributed by atoms with Gasteiger partial charge in [-0.15, -0.1) is 0 Å². The van der Waals surface area contributed by atoms with Crippen LogP contribution in [0.25, 0.3) is 0 Å². The Morgan fingerprint density at radius 1 is 1.48 bits per heavy atom. The largest absolute Gasteiger partial charge is 0.507 e. The predicted molar refractivity (Wildman–Crippen MR) is 67.7 cm³/mol. The first-order chi connectivity index (χ1) is 9.81. The van der Waals surface area contributed by atoms with Gasteiger partial charge in [0.2, 0.25) is 0 Å². The Balaban J connectivity index is 3.21. The van der Waals surface area contributed by atoms with Gasteiger partial charge in [-0.05, 0) is 0 Å². The van der Waals surface area contributed by atoms with E-state index in [0.717, 1.165) is 19.2 Å². The average molecular weight is 299 g/mol. The van der Waals surface area contributed by atoms with E-state index in [1.54, 1.807) is 0 Å². The number of hydrogen-bond donors (Lipinski definition) is 3. The maximum Gasteiger partial charge on any atom is 0.308 e. The van der Waals surface area contributed by atoms with Gasteiger partial charge in [0.1, 0.15) is 11.9 Å². The number of phenolic OH excluding ortho intramolecular Hbond substituents is 1. The van der Waals surface area contributed by atoms with E-state index in [1.807, 2.05) is 0 Å². The molecule has 3 N–H and O–H groups in total. The van der Waals surface area contributed by atoms with E-state index in [9.17, 15) is 35.0 Å². The van der Waals surface area contributed by atoms with Crippen molar-refractivity contribution in [2.24, 2.45) is 0 Å². The highest BCUT2D eigenvalue weighted by atomic mass is 16.6. The summed E-state index contributed by atoms with van der Waals surface area (Å²) in [6.45, 7) is 0. The molecule has 0 saturated heterocycles. The molecule has 0 spiro atoms. The molecule has 0 aliphatic heterocycles. The number of benzene rings is 1. The summed E-state index contributed by atoms with van der Waals surface area (Å²) in [5, 5.41) is 40.1. The molecule has 1 aromatic carbocycles.